The third-order valence-corrected chi connectivity index (χ3v) is 6.60. The van der Waals surface area contributed by atoms with Crippen LogP contribution < -0.4 is 9.64 Å². The van der Waals surface area contributed by atoms with Crippen molar-refractivity contribution in [1.82, 2.24) is 20.3 Å². The predicted octanol–water partition coefficient (Wildman–Crippen LogP) is 4.07. The van der Waals surface area contributed by atoms with Crippen molar-refractivity contribution in [2.75, 3.05) is 44.2 Å². The Morgan fingerprint density at radius 1 is 1.00 bits per heavy atom. The molecule has 1 aliphatic rings. The summed E-state index contributed by atoms with van der Waals surface area (Å²) in [7, 11) is 0. The molecule has 0 radical (unpaired) electrons. The first-order valence-electron chi connectivity index (χ1n) is 12.0. The van der Waals surface area contributed by atoms with Gasteiger partial charge in [0.25, 0.3) is 0 Å². The van der Waals surface area contributed by atoms with Gasteiger partial charge >= 0.3 is 0 Å². The van der Waals surface area contributed by atoms with Crippen LogP contribution in [0.3, 0.4) is 0 Å². The summed E-state index contributed by atoms with van der Waals surface area (Å²) in [5.74, 6) is 1.29. The van der Waals surface area contributed by atoms with Crippen molar-refractivity contribution in [2.45, 2.75) is 6.10 Å². The zero-order valence-electron chi connectivity index (χ0n) is 19.6. The van der Waals surface area contributed by atoms with Gasteiger partial charge in [0.15, 0.2) is 11.4 Å². The number of β-amino-alcohol motifs (C(OH)–C–C–N with tert-alkyl or cyclic N) is 1. The van der Waals surface area contributed by atoms with Gasteiger partial charge in [0.1, 0.15) is 30.0 Å². The molecule has 0 amide bonds. The average molecular weight is 488 g/mol. The van der Waals surface area contributed by atoms with E-state index in [9.17, 15) is 9.50 Å². The predicted molar refractivity (Wildman–Crippen MR) is 136 cm³/mol. The zero-order valence-corrected chi connectivity index (χ0v) is 19.6. The molecule has 2 N–H and O–H groups in total. The summed E-state index contributed by atoms with van der Waals surface area (Å²) in [6.07, 6.45) is -0.600. The Bertz CT molecular complexity index is 1470. The zero-order chi connectivity index (χ0) is 24.5. The van der Waals surface area contributed by atoms with Crippen molar-refractivity contribution in [3.8, 4) is 17.0 Å². The second kappa shape index (κ2) is 9.60. The number of aliphatic hydroxyl groups excluding tert-OH is 1. The van der Waals surface area contributed by atoms with E-state index >= 15 is 0 Å². The van der Waals surface area contributed by atoms with E-state index in [1.807, 2.05) is 42.5 Å². The van der Waals surface area contributed by atoms with Gasteiger partial charge in [-0.25, -0.2) is 4.39 Å². The molecule has 8 nitrogen and oxygen atoms in total. The number of para-hydroxylation sites is 1. The molecular formula is C27H26FN5O3. The van der Waals surface area contributed by atoms with E-state index < -0.39 is 6.10 Å². The molecule has 2 aromatic heterocycles. The van der Waals surface area contributed by atoms with Crippen LogP contribution in [-0.4, -0.2) is 70.8 Å². The van der Waals surface area contributed by atoms with E-state index in [0.717, 1.165) is 53.8 Å². The van der Waals surface area contributed by atoms with Crippen molar-refractivity contribution in [1.29, 1.82) is 0 Å². The third-order valence-electron chi connectivity index (χ3n) is 6.60. The fraction of sp³-hybridized carbons (Fsp3) is 0.259. The van der Waals surface area contributed by atoms with E-state index in [2.05, 4.69) is 31.2 Å². The summed E-state index contributed by atoms with van der Waals surface area (Å²) in [5.41, 5.74) is 2.95. The van der Waals surface area contributed by atoms with Crippen LogP contribution >= 0.6 is 0 Å². The number of aliphatic hydroxyl groups is 1. The molecular weight excluding hydrogens is 461 g/mol. The molecule has 0 bridgehead atoms. The van der Waals surface area contributed by atoms with Crippen molar-refractivity contribution in [3.63, 3.8) is 0 Å². The Balaban J connectivity index is 1.00. The number of hydrogen-bond acceptors (Lipinski definition) is 7. The molecule has 0 spiro atoms. The Morgan fingerprint density at radius 2 is 1.81 bits per heavy atom. The topological polar surface area (TPSA) is 90.7 Å². The van der Waals surface area contributed by atoms with Crippen LogP contribution in [0.4, 0.5) is 10.2 Å². The lowest BCUT2D eigenvalue weighted by atomic mass is 10.1. The molecule has 1 atom stereocenters. The Morgan fingerprint density at radius 3 is 2.64 bits per heavy atom. The SMILES string of the molecule is OC(COc1ccc(-c2noc3cc(F)ccc23)cc1)CN1CCN(c2n[nH]c3ccccc23)CC1. The highest BCUT2D eigenvalue weighted by atomic mass is 19.1. The fourth-order valence-corrected chi connectivity index (χ4v) is 4.70. The van der Waals surface area contributed by atoms with Gasteiger partial charge in [-0.05, 0) is 48.5 Å². The maximum atomic E-state index is 13.4. The first kappa shape index (κ1) is 22.5. The van der Waals surface area contributed by atoms with Crippen molar-refractivity contribution in [2.24, 2.45) is 0 Å². The van der Waals surface area contributed by atoms with E-state index in [0.29, 0.717) is 23.6 Å². The third kappa shape index (κ3) is 4.50. The van der Waals surface area contributed by atoms with Crippen LogP contribution in [0, 0.1) is 5.82 Å². The van der Waals surface area contributed by atoms with Gasteiger partial charge in [-0.15, -0.1) is 0 Å². The highest BCUT2D eigenvalue weighted by molar-refractivity contribution is 5.91. The fourth-order valence-electron chi connectivity index (χ4n) is 4.70. The van der Waals surface area contributed by atoms with E-state index in [4.69, 9.17) is 9.26 Å². The molecule has 1 fully saturated rings. The average Bonchev–Trinajstić information content (AvgIpc) is 3.52. The number of piperazine rings is 1. The van der Waals surface area contributed by atoms with Gasteiger partial charge in [-0.1, -0.05) is 17.3 Å². The highest BCUT2D eigenvalue weighted by Gasteiger charge is 2.22. The van der Waals surface area contributed by atoms with Gasteiger partial charge in [-0.2, -0.15) is 5.10 Å². The summed E-state index contributed by atoms with van der Waals surface area (Å²) in [4.78, 5) is 4.54. The number of H-pyrrole nitrogens is 1. The number of aromatic nitrogens is 3. The van der Waals surface area contributed by atoms with Gasteiger partial charge in [0.05, 0.1) is 5.52 Å². The number of nitrogens with zero attached hydrogens (tertiary/aromatic N) is 4. The number of anilines is 1. The molecule has 1 aliphatic heterocycles. The summed E-state index contributed by atoms with van der Waals surface area (Å²) >= 11 is 0. The van der Waals surface area contributed by atoms with Gasteiger partial charge in [-0.3, -0.25) is 10.00 Å². The lowest BCUT2D eigenvalue weighted by Gasteiger charge is -2.35. The number of benzene rings is 3. The smallest absolute Gasteiger partial charge is 0.170 e. The normalized spacial score (nSPS) is 15.6. The minimum absolute atomic E-state index is 0.204. The molecule has 0 aliphatic carbocycles. The lowest BCUT2D eigenvalue weighted by Crippen LogP contribution is -2.49. The summed E-state index contributed by atoms with van der Waals surface area (Å²) in [6.45, 7) is 4.16. The van der Waals surface area contributed by atoms with Crippen molar-refractivity contribution >= 4 is 27.7 Å². The Labute approximate surface area is 206 Å². The largest absolute Gasteiger partial charge is 0.491 e. The number of rotatable bonds is 7. The number of nitrogens with one attached hydrogen (secondary N) is 1. The lowest BCUT2D eigenvalue weighted by molar-refractivity contribution is 0.0663. The van der Waals surface area contributed by atoms with Gasteiger partial charge in [0, 0.05) is 55.1 Å². The van der Waals surface area contributed by atoms with Gasteiger partial charge in [0.2, 0.25) is 0 Å². The monoisotopic (exact) mass is 487 g/mol. The maximum Gasteiger partial charge on any atom is 0.170 e. The maximum absolute atomic E-state index is 13.4. The van der Waals surface area contributed by atoms with E-state index in [-0.39, 0.29) is 12.4 Å². The van der Waals surface area contributed by atoms with Crippen molar-refractivity contribution < 1.29 is 18.8 Å². The molecule has 36 heavy (non-hydrogen) atoms. The second-order valence-corrected chi connectivity index (χ2v) is 9.04. The van der Waals surface area contributed by atoms with Crippen molar-refractivity contribution in [3.05, 3.63) is 72.5 Å². The van der Waals surface area contributed by atoms with Crippen LogP contribution in [0.5, 0.6) is 5.75 Å². The molecule has 9 heteroatoms. The molecule has 0 saturated carbocycles. The van der Waals surface area contributed by atoms with Crippen LogP contribution in [0.1, 0.15) is 0 Å². The van der Waals surface area contributed by atoms with E-state index in [1.165, 1.54) is 12.1 Å². The highest BCUT2D eigenvalue weighted by Crippen LogP contribution is 2.29. The quantitative estimate of drug-likeness (QED) is 0.358. The van der Waals surface area contributed by atoms with Gasteiger partial charge < -0.3 is 19.3 Å². The molecule has 3 aromatic carbocycles. The minimum atomic E-state index is -0.600. The number of aromatic amines is 1. The van der Waals surface area contributed by atoms with Crippen LogP contribution in [0.15, 0.2) is 71.3 Å². The van der Waals surface area contributed by atoms with Crippen LogP contribution in [0.25, 0.3) is 33.1 Å². The first-order valence-corrected chi connectivity index (χ1v) is 12.0. The molecule has 1 unspecified atom stereocenters. The van der Waals surface area contributed by atoms with Crippen LogP contribution in [-0.2, 0) is 0 Å². The Hall–Kier alpha value is -3.95. The number of ether oxygens (including phenoxy) is 1. The first-order chi connectivity index (χ1) is 17.6. The summed E-state index contributed by atoms with van der Waals surface area (Å²) in [6, 6.07) is 19.9. The molecule has 1 saturated heterocycles. The standard InChI is InChI=1S/C27H26FN5O3/c28-19-7-10-23-25(15-19)36-31-26(23)18-5-8-21(9-6-18)35-17-20(34)16-32-11-13-33(14-12-32)27-22-3-1-2-4-24(22)29-30-27/h1-10,15,20,34H,11-14,16-17H2,(H,29,30). The molecule has 6 rings (SSSR count). The number of hydrogen-bond donors (Lipinski definition) is 2. The second-order valence-electron chi connectivity index (χ2n) is 9.04. The summed E-state index contributed by atoms with van der Waals surface area (Å²) < 4.78 is 24.5. The van der Waals surface area contributed by atoms with Crippen LogP contribution in [0.2, 0.25) is 0 Å². The Kier molecular flexibility index (Phi) is 6.00. The molecule has 3 heterocycles. The minimum Gasteiger partial charge on any atom is -0.491 e. The summed E-state index contributed by atoms with van der Waals surface area (Å²) in [5, 5.41) is 24.1. The molecule has 5 aromatic rings. The number of fused-ring (bicyclic) bond motifs is 2. The van der Waals surface area contributed by atoms with E-state index in [1.54, 1.807) is 6.07 Å². The molecule has 184 valence electrons. The number of halogens is 1.